The van der Waals surface area contributed by atoms with E-state index in [1.807, 2.05) is 30.3 Å². The van der Waals surface area contributed by atoms with Crippen LogP contribution in [0, 0.1) is 0 Å². The van der Waals surface area contributed by atoms with Gasteiger partial charge in [-0.3, -0.25) is 0 Å². The average molecular weight is 292 g/mol. The van der Waals surface area contributed by atoms with E-state index < -0.39 is 6.09 Å². The number of piperidine rings is 1. The van der Waals surface area contributed by atoms with E-state index in [0.717, 1.165) is 5.56 Å². The van der Waals surface area contributed by atoms with E-state index in [9.17, 15) is 9.59 Å². The van der Waals surface area contributed by atoms with Crippen LogP contribution in [0.3, 0.4) is 0 Å². The SMILES string of the molecule is COC(=O)NC1CCN(C(=O)OCc2ccccc2)CC1. The molecule has 1 aromatic carbocycles. The Kier molecular flexibility index (Phi) is 5.43. The van der Waals surface area contributed by atoms with Crippen LogP contribution in [-0.2, 0) is 16.1 Å². The number of amides is 2. The Labute approximate surface area is 124 Å². The van der Waals surface area contributed by atoms with Crippen molar-refractivity contribution in [1.29, 1.82) is 0 Å². The van der Waals surface area contributed by atoms with Gasteiger partial charge in [-0.25, -0.2) is 9.59 Å². The Morgan fingerprint density at radius 3 is 2.52 bits per heavy atom. The molecule has 1 saturated heterocycles. The number of carbonyl (C=O) groups is 2. The number of nitrogens with zero attached hydrogens (tertiary/aromatic N) is 1. The number of benzene rings is 1. The van der Waals surface area contributed by atoms with Gasteiger partial charge < -0.3 is 19.7 Å². The molecule has 2 rings (SSSR count). The lowest BCUT2D eigenvalue weighted by Gasteiger charge is -2.31. The Hall–Kier alpha value is -2.24. The molecule has 6 nitrogen and oxygen atoms in total. The standard InChI is InChI=1S/C15H20N2O4/c1-20-14(18)16-13-7-9-17(10-8-13)15(19)21-11-12-5-3-2-4-6-12/h2-6,13H,7-11H2,1H3,(H,16,18). The molecule has 6 heteroatoms. The second-order valence-corrected chi connectivity index (χ2v) is 4.94. The van der Waals surface area contributed by atoms with Crippen molar-refractivity contribution in [3.63, 3.8) is 0 Å². The van der Waals surface area contributed by atoms with Crippen molar-refractivity contribution in [2.75, 3.05) is 20.2 Å². The number of carbonyl (C=O) groups excluding carboxylic acids is 2. The molecule has 1 aliphatic rings. The second-order valence-electron chi connectivity index (χ2n) is 4.94. The number of hydrogen-bond donors (Lipinski definition) is 1. The summed E-state index contributed by atoms with van der Waals surface area (Å²) in [5.74, 6) is 0. The van der Waals surface area contributed by atoms with E-state index in [0.29, 0.717) is 25.9 Å². The highest BCUT2D eigenvalue weighted by molar-refractivity contribution is 5.68. The number of ether oxygens (including phenoxy) is 2. The normalized spacial score (nSPS) is 15.4. The van der Waals surface area contributed by atoms with Crippen LogP contribution in [0.2, 0.25) is 0 Å². The second kappa shape index (κ2) is 7.52. The van der Waals surface area contributed by atoms with Crippen LogP contribution < -0.4 is 5.32 Å². The Bertz CT molecular complexity index is 470. The van der Waals surface area contributed by atoms with Gasteiger partial charge in [0, 0.05) is 19.1 Å². The van der Waals surface area contributed by atoms with E-state index in [4.69, 9.17) is 4.74 Å². The van der Waals surface area contributed by atoms with E-state index in [2.05, 4.69) is 10.1 Å². The smallest absolute Gasteiger partial charge is 0.410 e. The number of rotatable bonds is 3. The van der Waals surface area contributed by atoms with E-state index in [-0.39, 0.29) is 18.7 Å². The summed E-state index contributed by atoms with van der Waals surface area (Å²) in [7, 11) is 1.34. The van der Waals surface area contributed by atoms with Gasteiger partial charge in [0.2, 0.25) is 0 Å². The van der Waals surface area contributed by atoms with Crippen molar-refractivity contribution in [1.82, 2.24) is 10.2 Å². The van der Waals surface area contributed by atoms with Crippen LogP contribution in [0.15, 0.2) is 30.3 Å². The summed E-state index contributed by atoms with van der Waals surface area (Å²) < 4.78 is 9.84. The molecule has 0 saturated carbocycles. The van der Waals surface area contributed by atoms with Gasteiger partial charge in [-0.15, -0.1) is 0 Å². The zero-order chi connectivity index (χ0) is 15.1. The predicted octanol–water partition coefficient (Wildman–Crippen LogP) is 2.14. The molecule has 0 spiro atoms. The van der Waals surface area contributed by atoms with Gasteiger partial charge in [0.1, 0.15) is 6.61 Å². The maximum atomic E-state index is 11.9. The van der Waals surface area contributed by atoms with Crippen LogP contribution in [0.5, 0.6) is 0 Å². The van der Waals surface area contributed by atoms with Crippen molar-refractivity contribution in [3.8, 4) is 0 Å². The molecule has 1 aliphatic heterocycles. The third-order valence-electron chi connectivity index (χ3n) is 3.47. The summed E-state index contributed by atoms with van der Waals surface area (Å²) in [4.78, 5) is 24.7. The van der Waals surface area contributed by atoms with Crippen molar-refractivity contribution >= 4 is 12.2 Å². The van der Waals surface area contributed by atoms with Crippen molar-refractivity contribution in [3.05, 3.63) is 35.9 Å². The van der Waals surface area contributed by atoms with Gasteiger partial charge in [0.15, 0.2) is 0 Å². The minimum atomic E-state index is -0.430. The Morgan fingerprint density at radius 2 is 1.90 bits per heavy atom. The first kappa shape index (κ1) is 15.2. The summed E-state index contributed by atoms with van der Waals surface area (Å²) in [6, 6.07) is 9.63. The molecule has 0 aromatic heterocycles. The van der Waals surface area contributed by atoms with Crippen LogP contribution in [0.4, 0.5) is 9.59 Å². The summed E-state index contributed by atoms with van der Waals surface area (Å²) in [6.45, 7) is 1.42. The molecule has 1 N–H and O–H groups in total. The van der Waals surface area contributed by atoms with E-state index in [1.165, 1.54) is 7.11 Å². The topological polar surface area (TPSA) is 67.9 Å². The number of nitrogens with one attached hydrogen (secondary N) is 1. The van der Waals surface area contributed by atoms with Gasteiger partial charge in [0.25, 0.3) is 0 Å². The number of methoxy groups -OCH3 is 1. The lowest BCUT2D eigenvalue weighted by Crippen LogP contribution is -2.46. The van der Waals surface area contributed by atoms with Gasteiger partial charge >= 0.3 is 12.2 Å². The molecule has 114 valence electrons. The first-order chi connectivity index (χ1) is 10.2. The summed E-state index contributed by atoms with van der Waals surface area (Å²) in [5.41, 5.74) is 0.966. The fraction of sp³-hybridized carbons (Fsp3) is 0.467. The van der Waals surface area contributed by atoms with Gasteiger partial charge in [-0.05, 0) is 18.4 Å². The first-order valence-corrected chi connectivity index (χ1v) is 6.99. The van der Waals surface area contributed by atoms with Crippen LogP contribution in [0.25, 0.3) is 0 Å². The van der Waals surface area contributed by atoms with Gasteiger partial charge in [-0.1, -0.05) is 30.3 Å². The molecular weight excluding hydrogens is 272 g/mol. The highest BCUT2D eigenvalue weighted by Crippen LogP contribution is 2.12. The molecule has 0 bridgehead atoms. The number of alkyl carbamates (subject to hydrolysis) is 1. The van der Waals surface area contributed by atoms with Gasteiger partial charge in [0.05, 0.1) is 7.11 Å². The highest BCUT2D eigenvalue weighted by Gasteiger charge is 2.24. The molecule has 1 fully saturated rings. The summed E-state index contributed by atoms with van der Waals surface area (Å²) in [5, 5.41) is 2.75. The van der Waals surface area contributed by atoms with Crippen LogP contribution >= 0.6 is 0 Å². The molecule has 2 amide bonds. The quantitative estimate of drug-likeness (QED) is 0.927. The molecule has 0 atom stereocenters. The molecule has 1 heterocycles. The minimum Gasteiger partial charge on any atom is -0.453 e. The van der Waals surface area contributed by atoms with Crippen molar-refractivity contribution in [2.45, 2.75) is 25.5 Å². The maximum absolute atomic E-state index is 11.9. The van der Waals surface area contributed by atoms with Crippen LogP contribution in [0.1, 0.15) is 18.4 Å². The van der Waals surface area contributed by atoms with Gasteiger partial charge in [-0.2, -0.15) is 0 Å². The molecule has 0 unspecified atom stereocenters. The summed E-state index contributed by atoms with van der Waals surface area (Å²) >= 11 is 0. The zero-order valence-corrected chi connectivity index (χ0v) is 12.1. The summed E-state index contributed by atoms with van der Waals surface area (Å²) in [6.07, 6.45) is 0.668. The monoisotopic (exact) mass is 292 g/mol. The third-order valence-corrected chi connectivity index (χ3v) is 3.47. The van der Waals surface area contributed by atoms with E-state index >= 15 is 0 Å². The van der Waals surface area contributed by atoms with E-state index in [1.54, 1.807) is 4.90 Å². The molecule has 1 aromatic rings. The lowest BCUT2D eigenvalue weighted by atomic mass is 10.1. The third kappa shape index (κ3) is 4.66. The largest absolute Gasteiger partial charge is 0.453 e. The average Bonchev–Trinajstić information content (AvgIpc) is 2.54. The van der Waals surface area contributed by atoms with Crippen LogP contribution in [-0.4, -0.2) is 43.3 Å². The number of likely N-dealkylation sites (tertiary alicyclic amines) is 1. The van der Waals surface area contributed by atoms with Crippen molar-refractivity contribution in [2.24, 2.45) is 0 Å². The Morgan fingerprint density at radius 1 is 1.24 bits per heavy atom. The zero-order valence-electron chi connectivity index (χ0n) is 12.1. The minimum absolute atomic E-state index is 0.0515. The molecule has 0 aliphatic carbocycles. The first-order valence-electron chi connectivity index (χ1n) is 6.99. The highest BCUT2D eigenvalue weighted by atomic mass is 16.6. The molecule has 0 radical (unpaired) electrons. The van der Waals surface area contributed by atoms with Crippen molar-refractivity contribution < 1.29 is 19.1 Å². The fourth-order valence-corrected chi connectivity index (χ4v) is 2.24. The Balaban J connectivity index is 1.72. The lowest BCUT2D eigenvalue weighted by molar-refractivity contribution is 0.0847. The maximum Gasteiger partial charge on any atom is 0.410 e. The number of hydrogen-bond acceptors (Lipinski definition) is 4. The fourth-order valence-electron chi connectivity index (χ4n) is 2.24. The molecular formula is C15H20N2O4. The predicted molar refractivity (Wildman–Crippen MR) is 76.8 cm³/mol. The molecule has 21 heavy (non-hydrogen) atoms.